The van der Waals surface area contributed by atoms with Gasteiger partial charge in [-0.1, -0.05) is 0 Å². The van der Waals surface area contributed by atoms with Crippen LogP contribution in [0, 0.1) is 20.2 Å². The molecule has 0 saturated carbocycles. The van der Waals surface area contributed by atoms with E-state index in [4.69, 9.17) is 0 Å². The molecule has 0 saturated heterocycles. The smallest absolute Gasteiger partial charge is 0.270 e. The summed E-state index contributed by atoms with van der Waals surface area (Å²) in [6.07, 6.45) is 0. The fourth-order valence-electron chi connectivity index (χ4n) is 2.24. The summed E-state index contributed by atoms with van der Waals surface area (Å²) in [5.74, 6) is 0. The van der Waals surface area contributed by atoms with Crippen molar-refractivity contribution in [2.45, 2.75) is 0 Å². The zero-order valence-electron chi connectivity index (χ0n) is 10.4. The summed E-state index contributed by atoms with van der Waals surface area (Å²) in [6.45, 7) is 0. The molecule has 1 heterocycles. The van der Waals surface area contributed by atoms with Crippen LogP contribution in [0.1, 0.15) is 0 Å². The van der Waals surface area contributed by atoms with E-state index in [1.807, 2.05) is 0 Å². The Morgan fingerprint density at radius 3 is 2.00 bits per heavy atom. The predicted octanol–water partition coefficient (Wildman–Crippen LogP) is 2.50. The van der Waals surface area contributed by atoms with E-state index in [0.29, 0.717) is 16.3 Å². The highest BCUT2D eigenvalue weighted by molar-refractivity contribution is 6.06. The number of H-pyrrole nitrogens is 1. The highest BCUT2D eigenvalue weighted by Crippen LogP contribution is 2.27. The van der Waals surface area contributed by atoms with Crippen molar-refractivity contribution in [3.63, 3.8) is 0 Å². The predicted molar refractivity (Wildman–Crippen MR) is 75.4 cm³/mol. The van der Waals surface area contributed by atoms with Crippen molar-refractivity contribution >= 4 is 33.1 Å². The number of rotatable bonds is 2. The molecule has 0 aliphatic heterocycles. The number of benzene rings is 2. The van der Waals surface area contributed by atoms with Crippen molar-refractivity contribution in [1.29, 1.82) is 0 Å². The highest BCUT2D eigenvalue weighted by atomic mass is 16.6. The van der Waals surface area contributed by atoms with Crippen LogP contribution < -0.4 is 5.56 Å². The van der Waals surface area contributed by atoms with Gasteiger partial charge in [0.05, 0.1) is 15.2 Å². The van der Waals surface area contributed by atoms with E-state index in [0.717, 1.165) is 6.07 Å². The summed E-state index contributed by atoms with van der Waals surface area (Å²) in [4.78, 5) is 35.0. The number of aromatic amines is 1. The van der Waals surface area contributed by atoms with Gasteiger partial charge in [0.2, 0.25) is 0 Å². The summed E-state index contributed by atoms with van der Waals surface area (Å²) in [7, 11) is 0. The summed E-state index contributed by atoms with van der Waals surface area (Å²) in [6, 6.07) is 7.91. The zero-order chi connectivity index (χ0) is 15.1. The van der Waals surface area contributed by atoms with Gasteiger partial charge in [0.25, 0.3) is 16.9 Å². The normalized spacial score (nSPS) is 10.9. The second-order valence-electron chi connectivity index (χ2n) is 4.43. The van der Waals surface area contributed by atoms with Crippen molar-refractivity contribution in [3.8, 4) is 0 Å². The van der Waals surface area contributed by atoms with E-state index in [9.17, 15) is 25.0 Å². The standard InChI is InChI=1S/C13H7N3O5/c17-13-11-6-7(15(18)19)1-3-9(11)10-5-8(16(20)21)2-4-12(10)14-13/h1-6H,(H,14,17). The Kier molecular flexibility index (Phi) is 2.65. The average molecular weight is 285 g/mol. The molecule has 8 nitrogen and oxygen atoms in total. The van der Waals surface area contributed by atoms with Gasteiger partial charge in [-0.25, -0.2) is 0 Å². The van der Waals surface area contributed by atoms with Crippen molar-refractivity contribution in [1.82, 2.24) is 4.98 Å². The zero-order valence-corrected chi connectivity index (χ0v) is 10.4. The van der Waals surface area contributed by atoms with Gasteiger partial charge in [-0.3, -0.25) is 25.0 Å². The van der Waals surface area contributed by atoms with E-state index >= 15 is 0 Å². The van der Waals surface area contributed by atoms with Gasteiger partial charge in [-0.2, -0.15) is 0 Å². The maximum absolute atomic E-state index is 12.0. The van der Waals surface area contributed by atoms with Gasteiger partial charge in [0.15, 0.2) is 0 Å². The maximum atomic E-state index is 12.0. The van der Waals surface area contributed by atoms with Gasteiger partial charge < -0.3 is 4.98 Å². The van der Waals surface area contributed by atoms with Gasteiger partial charge >= 0.3 is 0 Å². The molecule has 1 aromatic heterocycles. The molecule has 0 fully saturated rings. The third-order valence-corrected chi connectivity index (χ3v) is 3.21. The number of nitro benzene ring substituents is 2. The lowest BCUT2D eigenvalue weighted by Gasteiger charge is -2.03. The molecular formula is C13H7N3O5. The first-order valence-corrected chi connectivity index (χ1v) is 5.86. The van der Waals surface area contributed by atoms with Crippen molar-refractivity contribution in [2.24, 2.45) is 0 Å². The van der Waals surface area contributed by atoms with Gasteiger partial charge in [0, 0.05) is 35.2 Å². The lowest BCUT2D eigenvalue weighted by molar-refractivity contribution is -0.384. The molecule has 1 N–H and O–H groups in total. The first kappa shape index (κ1) is 12.7. The molecule has 0 bridgehead atoms. The lowest BCUT2D eigenvalue weighted by Crippen LogP contribution is -2.07. The van der Waals surface area contributed by atoms with Crippen LogP contribution in [-0.2, 0) is 0 Å². The first-order chi connectivity index (χ1) is 9.97. The van der Waals surface area contributed by atoms with Crippen molar-refractivity contribution in [3.05, 3.63) is 67.0 Å². The Labute approximate surface area is 115 Å². The molecule has 104 valence electrons. The van der Waals surface area contributed by atoms with Crippen molar-refractivity contribution < 1.29 is 9.85 Å². The minimum absolute atomic E-state index is 0.116. The minimum Gasteiger partial charge on any atom is -0.321 e. The van der Waals surface area contributed by atoms with E-state index in [1.54, 1.807) is 0 Å². The molecule has 0 aliphatic rings. The van der Waals surface area contributed by atoms with Crippen LogP contribution >= 0.6 is 0 Å². The number of non-ortho nitro benzene ring substituents is 2. The molecule has 21 heavy (non-hydrogen) atoms. The molecule has 3 rings (SSSR count). The summed E-state index contributed by atoms with van der Waals surface area (Å²) in [5, 5.41) is 22.6. The van der Waals surface area contributed by atoms with Gasteiger partial charge in [-0.05, 0) is 17.5 Å². The Balaban J connectivity index is 2.45. The molecule has 0 unspecified atom stereocenters. The maximum Gasteiger partial charge on any atom is 0.270 e. The monoisotopic (exact) mass is 285 g/mol. The molecule has 2 aromatic carbocycles. The summed E-state index contributed by atoms with van der Waals surface area (Å²) in [5.41, 5.74) is -0.367. The molecule has 0 atom stereocenters. The Bertz CT molecular complexity index is 977. The third-order valence-electron chi connectivity index (χ3n) is 3.21. The number of pyridine rings is 1. The van der Waals surface area contributed by atoms with Crippen LogP contribution in [0.2, 0.25) is 0 Å². The molecule has 3 aromatic rings. The van der Waals surface area contributed by atoms with Gasteiger partial charge in [-0.15, -0.1) is 0 Å². The summed E-state index contributed by atoms with van der Waals surface area (Å²) < 4.78 is 0. The van der Waals surface area contributed by atoms with Gasteiger partial charge in [0.1, 0.15) is 0 Å². The Morgan fingerprint density at radius 2 is 1.38 bits per heavy atom. The van der Waals surface area contributed by atoms with Crippen LogP contribution in [0.25, 0.3) is 21.7 Å². The largest absolute Gasteiger partial charge is 0.321 e. The van der Waals surface area contributed by atoms with E-state index in [1.165, 1.54) is 30.3 Å². The number of nitrogens with one attached hydrogen (secondary N) is 1. The topological polar surface area (TPSA) is 119 Å². The van der Waals surface area contributed by atoms with Crippen LogP contribution in [0.3, 0.4) is 0 Å². The van der Waals surface area contributed by atoms with E-state index in [-0.39, 0.29) is 16.8 Å². The third kappa shape index (κ3) is 1.98. The molecule has 0 spiro atoms. The fourth-order valence-corrected chi connectivity index (χ4v) is 2.24. The van der Waals surface area contributed by atoms with E-state index < -0.39 is 15.4 Å². The number of hydrogen-bond acceptors (Lipinski definition) is 5. The number of nitro groups is 2. The fraction of sp³-hybridized carbons (Fsp3) is 0. The van der Waals surface area contributed by atoms with Crippen molar-refractivity contribution in [2.75, 3.05) is 0 Å². The van der Waals surface area contributed by atoms with Crippen LogP contribution in [-0.4, -0.2) is 14.8 Å². The van der Waals surface area contributed by atoms with Crippen LogP contribution in [0.15, 0.2) is 41.2 Å². The second-order valence-corrected chi connectivity index (χ2v) is 4.43. The Hall–Kier alpha value is -3.29. The number of aromatic nitrogens is 1. The second kappa shape index (κ2) is 4.37. The number of hydrogen-bond donors (Lipinski definition) is 1. The summed E-state index contributed by atoms with van der Waals surface area (Å²) >= 11 is 0. The van der Waals surface area contributed by atoms with E-state index in [2.05, 4.69) is 4.98 Å². The molecule has 8 heteroatoms. The average Bonchev–Trinajstić information content (AvgIpc) is 2.46. The molecule has 0 amide bonds. The number of fused-ring (bicyclic) bond motifs is 3. The Morgan fingerprint density at radius 1 is 0.810 bits per heavy atom. The van der Waals surface area contributed by atoms with Crippen LogP contribution in [0.5, 0.6) is 0 Å². The van der Waals surface area contributed by atoms with Crippen LogP contribution in [0.4, 0.5) is 11.4 Å². The highest BCUT2D eigenvalue weighted by Gasteiger charge is 2.13. The molecule has 0 aliphatic carbocycles. The minimum atomic E-state index is -0.601. The first-order valence-electron chi connectivity index (χ1n) is 5.86. The molecular weight excluding hydrogens is 278 g/mol. The molecule has 0 radical (unpaired) electrons. The SMILES string of the molecule is O=c1[nH]c2ccc([N+](=O)[O-])cc2c2ccc([N+](=O)[O-])cc12. The quantitative estimate of drug-likeness (QED) is 0.440. The lowest BCUT2D eigenvalue weighted by atomic mass is 10.1. The number of nitrogens with zero attached hydrogens (tertiary/aromatic N) is 2.